The Balaban J connectivity index is 0.00000208. The number of hydrogen-bond donors (Lipinski definition) is 2. The first kappa shape index (κ1) is 17.5. The zero-order valence-electron chi connectivity index (χ0n) is 13.1. The molecule has 1 aliphatic carbocycles. The van der Waals surface area contributed by atoms with Crippen molar-refractivity contribution in [3.8, 4) is 11.1 Å². The number of fused-ring (bicyclic) bond motifs is 3. The second-order valence-corrected chi connectivity index (χ2v) is 5.53. The fourth-order valence-corrected chi connectivity index (χ4v) is 2.88. The van der Waals surface area contributed by atoms with Crippen molar-refractivity contribution in [1.82, 2.24) is 5.32 Å². The molecule has 0 bridgehead atoms. The van der Waals surface area contributed by atoms with Gasteiger partial charge in [0.25, 0.3) is 0 Å². The fourth-order valence-electron chi connectivity index (χ4n) is 2.88. The van der Waals surface area contributed by atoms with E-state index in [1.54, 1.807) is 0 Å². The summed E-state index contributed by atoms with van der Waals surface area (Å²) in [4.78, 5) is 22.5. The molecule has 2 aromatic carbocycles. The van der Waals surface area contributed by atoms with Crippen molar-refractivity contribution in [1.29, 1.82) is 0 Å². The van der Waals surface area contributed by atoms with E-state index in [2.05, 4.69) is 17.4 Å². The molecule has 3 rings (SSSR count). The molecule has 5 nitrogen and oxygen atoms in total. The quantitative estimate of drug-likeness (QED) is 0.902. The summed E-state index contributed by atoms with van der Waals surface area (Å²) < 4.78 is 5.25. The number of alkyl carbamates (subject to hydrolysis) is 1. The molecular formula is C18H18FNO4. The molecule has 2 N–H and O–H groups in total. The van der Waals surface area contributed by atoms with Gasteiger partial charge in [-0.05, 0) is 29.2 Å². The van der Waals surface area contributed by atoms with Crippen LogP contribution in [-0.2, 0) is 9.53 Å². The number of amides is 1. The van der Waals surface area contributed by atoms with E-state index in [1.165, 1.54) is 6.92 Å². The van der Waals surface area contributed by atoms with Crippen LogP contribution in [0.2, 0.25) is 0 Å². The van der Waals surface area contributed by atoms with E-state index in [0.29, 0.717) is 0 Å². The lowest BCUT2D eigenvalue weighted by Crippen LogP contribution is -2.39. The molecule has 24 heavy (non-hydrogen) atoms. The Kier molecular flexibility index (Phi) is 5.18. The maximum atomic E-state index is 11.7. The van der Waals surface area contributed by atoms with Gasteiger partial charge in [-0.15, -0.1) is 0 Å². The number of benzene rings is 2. The third-order valence-electron chi connectivity index (χ3n) is 4.05. The Bertz CT molecular complexity index is 717. The number of nitrogens with one attached hydrogen (secondary N) is 1. The topological polar surface area (TPSA) is 75.6 Å². The molecule has 1 amide bonds. The highest BCUT2D eigenvalue weighted by Gasteiger charge is 2.29. The van der Waals surface area contributed by atoms with E-state index in [1.807, 2.05) is 36.4 Å². The van der Waals surface area contributed by atoms with E-state index >= 15 is 0 Å². The van der Waals surface area contributed by atoms with Gasteiger partial charge in [0.15, 0.2) is 0 Å². The summed E-state index contributed by atoms with van der Waals surface area (Å²) in [6, 6.07) is 15.1. The number of carboxylic acid groups (broad SMARTS) is 1. The Morgan fingerprint density at radius 2 is 1.58 bits per heavy atom. The number of rotatable bonds is 4. The second kappa shape index (κ2) is 7.12. The maximum Gasteiger partial charge on any atom is 0.407 e. The summed E-state index contributed by atoms with van der Waals surface area (Å²) in [5, 5.41) is 11.1. The lowest BCUT2D eigenvalue weighted by atomic mass is 9.98. The highest BCUT2D eigenvalue weighted by molar-refractivity contribution is 5.80. The van der Waals surface area contributed by atoms with Gasteiger partial charge in [-0.3, -0.25) is 9.50 Å². The van der Waals surface area contributed by atoms with Crippen LogP contribution < -0.4 is 5.32 Å². The lowest BCUT2D eigenvalue weighted by Gasteiger charge is -2.15. The van der Waals surface area contributed by atoms with E-state index in [0.717, 1.165) is 22.3 Å². The van der Waals surface area contributed by atoms with Crippen molar-refractivity contribution in [2.24, 2.45) is 0 Å². The van der Waals surface area contributed by atoms with Crippen molar-refractivity contribution in [2.45, 2.75) is 18.9 Å². The zero-order valence-corrected chi connectivity index (χ0v) is 13.1. The smallest absolute Gasteiger partial charge is 0.407 e. The molecular weight excluding hydrogens is 313 g/mol. The van der Waals surface area contributed by atoms with E-state index < -0.39 is 18.1 Å². The number of halogens is 1. The number of aliphatic carboxylic acids is 1. The van der Waals surface area contributed by atoms with Crippen molar-refractivity contribution in [3.63, 3.8) is 0 Å². The molecule has 0 aromatic heterocycles. The minimum atomic E-state index is -1.10. The maximum absolute atomic E-state index is 11.7. The van der Waals surface area contributed by atoms with E-state index in [4.69, 9.17) is 9.84 Å². The monoisotopic (exact) mass is 331 g/mol. The molecule has 0 fully saturated rings. The summed E-state index contributed by atoms with van der Waals surface area (Å²) >= 11 is 0. The van der Waals surface area contributed by atoms with Crippen LogP contribution in [0.1, 0.15) is 24.0 Å². The van der Waals surface area contributed by atoms with Crippen molar-refractivity contribution in [2.75, 3.05) is 6.61 Å². The molecule has 0 aliphatic heterocycles. The number of carbonyl (C=O) groups excluding carboxylic acids is 1. The van der Waals surface area contributed by atoms with Crippen molar-refractivity contribution < 1.29 is 24.1 Å². The molecule has 0 heterocycles. The summed E-state index contributed by atoms with van der Waals surface area (Å²) in [5.41, 5.74) is 4.53. The number of ether oxygens (including phenoxy) is 1. The summed E-state index contributed by atoms with van der Waals surface area (Å²) in [7, 11) is 0. The van der Waals surface area contributed by atoms with Gasteiger partial charge in [-0.25, -0.2) is 4.79 Å². The molecule has 0 saturated heterocycles. The highest BCUT2D eigenvalue weighted by atomic mass is 19.0. The molecule has 0 radical (unpaired) electrons. The van der Waals surface area contributed by atoms with E-state index in [-0.39, 0.29) is 17.2 Å². The average Bonchev–Trinajstić information content (AvgIpc) is 2.87. The normalized spacial score (nSPS) is 13.2. The zero-order chi connectivity index (χ0) is 16.4. The minimum Gasteiger partial charge on any atom is -0.480 e. The predicted octanol–water partition coefficient (Wildman–Crippen LogP) is 3.15. The minimum absolute atomic E-state index is 0. The largest absolute Gasteiger partial charge is 0.480 e. The van der Waals surface area contributed by atoms with Crippen LogP contribution in [0.15, 0.2) is 48.5 Å². The van der Waals surface area contributed by atoms with Crippen LogP contribution in [0, 0.1) is 0 Å². The summed E-state index contributed by atoms with van der Waals surface area (Å²) in [5.74, 6) is -1.13. The SMILES string of the molecule is C[C@@H](NC(=O)OCC1c2ccccc2-c2ccccc21)C(=O)O.F. The number of carbonyl (C=O) groups is 2. The third kappa shape index (κ3) is 3.22. The van der Waals surface area contributed by atoms with Gasteiger partial charge in [-0.2, -0.15) is 0 Å². The van der Waals surface area contributed by atoms with Gasteiger partial charge in [0, 0.05) is 5.92 Å². The molecule has 0 unspecified atom stereocenters. The molecule has 2 aromatic rings. The van der Waals surface area contributed by atoms with Gasteiger partial charge >= 0.3 is 12.1 Å². The summed E-state index contributed by atoms with van der Waals surface area (Å²) in [6.45, 7) is 1.57. The van der Waals surface area contributed by atoms with Crippen LogP contribution in [0.5, 0.6) is 0 Å². The van der Waals surface area contributed by atoms with Crippen LogP contribution in [0.4, 0.5) is 9.50 Å². The first-order valence-electron chi connectivity index (χ1n) is 7.42. The van der Waals surface area contributed by atoms with Crippen molar-refractivity contribution in [3.05, 3.63) is 59.7 Å². The first-order valence-corrected chi connectivity index (χ1v) is 7.42. The Morgan fingerprint density at radius 3 is 2.08 bits per heavy atom. The molecule has 126 valence electrons. The van der Waals surface area contributed by atoms with Gasteiger partial charge < -0.3 is 15.2 Å². The van der Waals surface area contributed by atoms with Crippen LogP contribution in [-0.4, -0.2) is 29.8 Å². The number of carboxylic acids is 1. The molecule has 1 aliphatic rings. The Hall–Kier alpha value is -2.89. The fraction of sp³-hybridized carbons (Fsp3) is 0.222. The van der Waals surface area contributed by atoms with Gasteiger partial charge in [0.1, 0.15) is 12.6 Å². The Morgan fingerprint density at radius 1 is 1.08 bits per heavy atom. The second-order valence-electron chi connectivity index (χ2n) is 5.53. The standard InChI is InChI=1S/C18H17NO4.FH/c1-11(17(20)21)19-18(22)23-10-16-14-8-4-2-6-12(14)13-7-3-5-9-15(13)16;/h2-9,11,16H,10H2,1H3,(H,19,22)(H,20,21);1H/t11-;/m1./s1. The van der Waals surface area contributed by atoms with Crippen LogP contribution in [0.3, 0.4) is 0 Å². The van der Waals surface area contributed by atoms with Crippen LogP contribution >= 0.6 is 0 Å². The molecule has 1 atom stereocenters. The lowest BCUT2D eigenvalue weighted by molar-refractivity contribution is -0.138. The Labute approximate surface area is 138 Å². The molecule has 6 heteroatoms. The number of hydrogen-bond acceptors (Lipinski definition) is 3. The predicted molar refractivity (Wildman–Crippen MR) is 87.8 cm³/mol. The van der Waals surface area contributed by atoms with E-state index in [9.17, 15) is 9.59 Å². The van der Waals surface area contributed by atoms with Gasteiger partial charge in [0.2, 0.25) is 0 Å². The van der Waals surface area contributed by atoms with Crippen LogP contribution in [0.25, 0.3) is 11.1 Å². The van der Waals surface area contributed by atoms with Crippen molar-refractivity contribution >= 4 is 12.1 Å². The molecule has 0 spiro atoms. The highest BCUT2D eigenvalue weighted by Crippen LogP contribution is 2.44. The van der Waals surface area contributed by atoms with Gasteiger partial charge in [-0.1, -0.05) is 48.5 Å². The third-order valence-corrected chi connectivity index (χ3v) is 4.05. The average molecular weight is 331 g/mol. The first-order chi connectivity index (χ1) is 11.1. The summed E-state index contributed by atoms with van der Waals surface area (Å²) in [6.07, 6.45) is -0.721. The molecule has 0 saturated carbocycles. The van der Waals surface area contributed by atoms with Gasteiger partial charge in [0.05, 0.1) is 0 Å².